The molecule has 0 spiro atoms. The summed E-state index contributed by atoms with van der Waals surface area (Å²) in [5.74, 6) is -0.235. The predicted molar refractivity (Wildman–Crippen MR) is 52.6 cm³/mol. The van der Waals surface area contributed by atoms with Crippen molar-refractivity contribution in [2.24, 2.45) is 0 Å². The van der Waals surface area contributed by atoms with Gasteiger partial charge in [0, 0.05) is 0 Å². The largest absolute Gasteiger partial charge is 0.493 e. The quantitative estimate of drug-likeness (QED) is 0.694. The molecular formula is C7H8N4O2S. The fourth-order valence-corrected chi connectivity index (χ4v) is 1.84. The number of nitrogen functional groups attached to an aromatic ring is 1. The van der Waals surface area contributed by atoms with E-state index in [4.69, 9.17) is 5.73 Å². The third-order valence-electron chi connectivity index (χ3n) is 1.85. The third kappa shape index (κ3) is 1.13. The molecule has 0 unspecified atom stereocenters. The molecule has 0 atom stereocenters. The molecule has 2 aromatic heterocycles. The first-order valence-corrected chi connectivity index (χ1v) is 4.82. The molecule has 0 aliphatic carbocycles. The molecule has 0 saturated heterocycles. The van der Waals surface area contributed by atoms with Crippen molar-refractivity contribution in [3.63, 3.8) is 0 Å². The van der Waals surface area contributed by atoms with E-state index in [-0.39, 0.29) is 22.1 Å². The van der Waals surface area contributed by atoms with Crippen LogP contribution in [0.3, 0.4) is 0 Å². The number of aromatic nitrogens is 3. The van der Waals surface area contributed by atoms with E-state index in [1.807, 2.05) is 0 Å². The van der Waals surface area contributed by atoms with Gasteiger partial charge in [-0.2, -0.15) is 9.50 Å². The van der Waals surface area contributed by atoms with Crippen molar-refractivity contribution in [1.82, 2.24) is 14.6 Å². The Morgan fingerprint density at radius 2 is 2.36 bits per heavy atom. The molecule has 2 aromatic rings. The number of anilines is 1. The molecule has 0 fully saturated rings. The van der Waals surface area contributed by atoms with E-state index in [1.165, 1.54) is 0 Å². The lowest BCUT2D eigenvalue weighted by atomic mass is 10.2. The number of aromatic hydroxyl groups is 1. The Morgan fingerprint density at radius 3 is 3.00 bits per heavy atom. The molecule has 0 amide bonds. The lowest BCUT2D eigenvalue weighted by molar-refractivity contribution is 0.445. The van der Waals surface area contributed by atoms with Gasteiger partial charge in [-0.15, -0.1) is 5.10 Å². The smallest absolute Gasteiger partial charge is 0.282 e. The average molecular weight is 212 g/mol. The molecule has 0 radical (unpaired) electrons. The highest BCUT2D eigenvalue weighted by molar-refractivity contribution is 7.20. The van der Waals surface area contributed by atoms with E-state index in [0.29, 0.717) is 11.4 Å². The standard InChI is InChI=1S/C7H8N4O2S/c1-2-3-4(12)9-7-11(5(3)13)10-6(8)14-7/h12H,2H2,1H3,(H2,8,10). The Bertz CT molecular complexity index is 544. The van der Waals surface area contributed by atoms with Crippen LogP contribution in [0.15, 0.2) is 4.79 Å². The highest BCUT2D eigenvalue weighted by Gasteiger charge is 2.12. The highest BCUT2D eigenvalue weighted by atomic mass is 32.1. The van der Waals surface area contributed by atoms with Crippen molar-refractivity contribution in [2.75, 3.05) is 5.73 Å². The van der Waals surface area contributed by atoms with Crippen LogP contribution in [0, 0.1) is 0 Å². The zero-order chi connectivity index (χ0) is 10.3. The first-order chi connectivity index (χ1) is 6.63. The molecule has 2 heterocycles. The van der Waals surface area contributed by atoms with Gasteiger partial charge in [-0.3, -0.25) is 4.79 Å². The maximum atomic E-state index is 11.6. The van der Waals surface area contributed by atoms with E-state index < -0.39 is 0 Å². The van der Waals surface area contributed by atoms with Gasteiger partial charge in [0.2, 0.25) is 16.0 Å². The summed E-state index contributed by atoms with van der Waals surface area (Å²) in [5, 5.41) is 13.5. The summed E-state index contributed by atoms with van der Waals surface area (Å²) >= 11 is 1.06. The van der Waals surface area contributed by atoms with Crippen LogP contribution < -0.4 is 11.3 Å². The molecule has 2 rings (SSSR count). The second-order valence-electron chi connectivity index (χ2n) is 2.71. The Kier molecular flexibility index (Phi) is 1.88. The summed E-state index contributed by atoms with van der Waals surface area (Å²) in [6.07, 6.45) is 0.415. The molecule has 0 aliphatic rings. The molecule has 6 nitrogen and oxygen atoms in total. The second-order valence-corrected chi connectivity index (χ2v) is 3.69. The van der Waals surface area contributed by atoms with Gasteiger partial charge in [-0.1, -0.05) is 18.3 Å². The number of fused-ring (bicyclic) bond motifs is 1. The summed E-state index contributed by atoms with van der Waals surface area (Å²) in [6.45, 7) is 1.76. The summed E-state index contributed by atoms with van der Waals surface area (Å²) < 4.78 is 1.11. The van der Waals surface area contributed by atoms with Gasteiger partial charge in [0.05, 0.1) is 5.56 Å². The predicted octanol–water partition coefficient (Wildman–Crippen LogP) is 0.00120. The molecule has 0 aromatic carbocycles. The first-order valence-electron chi connectivity index (χ1n) is 4.00. The highest BCUT2D eigenvalue weighted by Crippen LogP contribution is 2.17. The Balaban J connectivity index is 2.92. The van der Waals surface area contributed by atoms with Crippen LogP contribution in [0.5, 0.6) is 5.88 Å². The number of hydrogen-bond acceptors (Lipinski definition) is 6. The van der Waals surface area contributed by atoms with E-state index >= 15 is 0 Å². The van der Waals surface area contributed by atoms with Crippen LogP contribution in [0.1, 0.15) is 12.5 Å². The van der Waals surface area contributed by atoms with Crippen LogP contribution >= 0.6 is 11.3 Å². The number of nitrogens with zero attached hydrogens (tertiary/aromatic N) is 3. The summed E-state index contributed by atoms with van der Waals surface area (Å²) in [4.78, 5) is 15.8. The second kappa shape index (κ2) is 2.95. The normalized spacial score (nSPS) is 10.9. The van der Waals surface area contributed by atoms with Crippen molar-refractivity contribution >= 4 is 21.4 Å². The van der Waals surface area contributed by atoms with Crippen LogP contribution in [-0.2, 0) is 6.42 Å². The molecule has 14 heavy (non-hydrogen) atoms. The van der Waals surface area contributed by atoms with Crippen molar-refractivity contribution in [2.45, 2.75) is 13.3 Å². The van der Waals surface area contributed by atoms with Crippen molar-refractivity contribution in [3.8, 4) is 5.88 Å². The molecule has 3 N–H and O–H groups in total. The maximum absolute atomic E-state index is 11.6. The molecule has 7 heteroatoms. The summed E-state index contributed by atoms with van der Waals surface area (Å²) in [6, 6.07) is 0. The molecule has 0 saturated carbocycles. The molecule has 0 bridgehead atoms. The fourth-order valence-electron chi connectivity index (χ4n) is 1.19. The Hall–Kier alpha value is -1.63. The topological polar surface area (TPSA) is 93.5 Å². The van der Waals surface area contributed by atoms with Gasteiger partial charge in [-0.05, 0) is 6.42 Å². The Morgan fingerprint density at radius 1 is 1.64 bits per heavy atom. The van der Waals surface area contributed by atoms with Crippen LogP contribution in [0.25, 0.3) is 4.96 Å². The third-order valence-corrected chi connectivity index (χ3v) is 2.59. The zero-order valence-corrected chi connectivity index (χ0v) is 8.21. The van der Waals surface area contributed by atoms with E-state index in [2.05, 4.69) is 10.1 Å². The molecule has 0 aliphatic heterocycles. The summed E-state index contributed by atoms with van der Waals surface area (Å²) in [5.41, 5.74) is 5.33. The van der Waals surface area contributed by atoms with E-state index in [0.717, 1.165) is 15.9 Å². The number of hydrogen-bond donors (Lipinski definition) is 2. The van der Waals surface area contributed by atoms with Crippen LogP contribution in [0.4, 0.5) is 5.13 Å². The van der Waals surface area contributed by atoms with Crippen molar-refractivity contribution in [3.05, 3.63) is 15.9 Å². The van der Waals surface area contributed by atoms with Crippen LogP contribution in [-0.4, -0.2) is 19.7 Å². The fraction of sp³-hybridized carbons (Fsp3) is 0.286. The molecule has 74 valence electrons. The van der Waals surface area contributed by atoms with Crippen molar-refractivity contribution < 1.29 is 5.11 Å². The monoisotopic (exact) mass is 212 g/mol. The van der Waals surface area contributed by atoms with Gasteiger partial charge in [-0.25, -0.2) is 0 Å². The van der Waals surface area contributed by atoms with Crippen molar-refractivity contribution in [1.29, 1.82) is 0 Å². The van der Waals surface area contributed by atoms with Gasteiger partial charge < -0.3 is 10.8 Å². The number of nitrogens with two attached hydrogens (primary N) is 1. The Labute approximate surface area is 82.6 Å². The minimum Gasteiger partial charge on any atom is -0.493 e. The summed E-state index contributed by atoms with van der Waals surface area (Å²) in [7, 11) is 0. The van der Waals surface area contributed by atoms with Gasteiger partial charge in [0.25, 0.3) is 5.56 Å². The van der Waals surface area contributed by atoms with Crippen LogP contribution in [0.2, 0.25) is 0 Å². The van der Waals surface area contributed by atoms with E-state index in [1.54, 1.807) is 6.92 Å². The number of rotatable bonds is 1. The lowest BCUT2D eigenvalue weighted by Crippen LogP contribution is -2.19. The first kappa shape index (κ1) is 8.95. The average Bonchev–Trinajstić information content (AvgIpc) is 2.47. The lowest BCUT2D eigenvalue weighted by Gasteiger charge is -1.98. The maximum Gasteiger partial charge on any atom is 0.282 e. The minimum atomic E-state index is -0.358. The van der Waals surface area contributed by atoms with Gasteiger partial charge in [0.1, 0.15) is 0 Å². The zero-order valence-electron chi connectivity index (χ0n) is 7.39. The van der Waals surface area contributed by atoms with Gasteiger partial charge in [0.15, 0.2) is 0 Å². The molecular weight excluding hydrogens is 204 g/mol. The van der Waals surface area contributed by atoms with Gasteiger partial charge >= 0.3 is 0 Å². The minimum absolute atomic E-state index is 0.235. The van der Waals surface area contributed by atoms with E-state index in [9.17, 15) is 9.90 Å². The SMILES string of the molecule is CCc1c(O)nc2sc(N)nn2c1=O.